The lowest BCUT2D eigenvalue weighted by molar-refractivity contribution is -0.806. The molecule has 2 rings (SSSR count). The van der Waals surface area contributed by atoms with Crippen molar-refractivity contribution < 1.29 is 4.59 Å². The molecule has 2 nitrogen and oxygen atoms in total. The number of nitrogens with zero attached hydrogens (tertiary/aromatic N) is 1. The first-order chi connectivity index (χ1) is 5.29. The van der Waals surface area contributed by atoms with E-state index >= 15 is 0 Å². The SMILES string of the molecule is N[N+]1(CC2=CC=CCC2)CC1. The molecule has 0 unspecified atom stereocenters. The van der Waals surface area contributed by atoms with Gasteiger partial charge in [0.25, 0.3) is 0 Å². The molecule has 1 saturated heterocycles. The molecule has 0 bridgehead atoms. The Kier molecular flexibility index (Phi) is 1.59. The van der Waals surface area contributed by atoms with Crippen LogP contribution >= 0.6 is 0 Å². The molecule has 0 atom stereocenters. The molecule has 0 aromatic carbocycles. The van der Waals surface area contributed by atoms with E-state index in [0.29, 0.717) is 0 Å². The Hall–Kier alpha value is -0.600. The van der Waals surface area contributed by atoms with Crippen LogP contribution in [0.3, 0.4) is 0 Å². The van der Waals surface area contributed by atoms with E-state index in [-0.39, 0.29) is 0 Å². The minimum Gasteiger partial charge on any atom is -0.235 e. The molecule has 1 aliphatic carbocycles. The number of hydrogen-bond donors (Lipinski definition) is 1. The summed E-state index contributed by atoms with van der Waals surface area (Å²) in [6, 6.07) is 0. The van der Waals surface area contributed by atoms with Gasteiger partial charge in [0.05, 0.1) is 0 Å². The first kappa shape index (κ1) is 7.07. The molecule has 60 valence electrons. The highest BCUT2D eigenvalue weighted by atomic mass is 15.7. The predicted molar refractivity (Wildman–Crippen MR) is 45.5 cm³/mol. The van der Waals surface area contributed by atoms with E-state index in [1.165, 1.54) is 31.5 Å². The van der Waals surface area contributed by atoms with Crippen LogP contribution in [-0.2, 0) is 0 Å². The summed E-state index contributed by atoms with van der Waals surface area (Å²) in [4.78, 5) is 0. The van der Waals surface area contributed by atoms with E-state index in [9.17, 15) is 0 Å². The molecule has 0 aromatic heterocycles. The highest BCUT2D eigenvalue weighted by Gasteiger charge is 2.39. The Morgan fingerprint density at radius 1 is 1.45 bits per heavy atom. The Bertz CT molecular complexity index is 212. The fourth-order valence-electron chi connectivity index (χ4n) is 1.48. The van der Waals surface area contributed by atoms with Gasteiger partial charge in [0, 0.05) is 0 Å². The smallest absolute Gasteiger partial charge is 0.148 e. The average molecular weight is 151 g/mol. The highest BCUT2D eigenvalue weighted by molar-refractivity contribution is 5.17. The number of quaternary nitrogens is 1. The zero-order chi connectivity index (χ0) is 7.73. The Morgan fingerprint density at radius 2 is 2.27 bits per heavy atom. The van der Waals surface area contributed by atoms with Gasteiger partial charge in [0.2, 0.25) is 0 Å². The van der Waals surface area contributed by atoms with Gasteiger partial charge >= 0.3 is 0 Å². The van der Waals surface area contributed by atoms with Gasteiger partial charge in [-0.05, 0) is 18.4 Å². The van der Waals surface area contributed by atoms with Gasteiger partial charge < -0.3 is 0 Å². The summed E-state index contributed by atoms with van der Waals surface area (Å²) in [5.74, 6) is 5.95. The van der Waals surface area contributed by atoms with Crippen molar-refractivity contribution in [2.45, 2.75) is 12.8 Å². The summed E-state index contributed by atoms with van der Waals surface area (Å²) in [5.41, 5.74) is 1.52. The summed E-state index contributed by atoms with van der Waals surface area (Å²) in [7, 11) is 0. The molecular formula is C9H15N2+. The van der Waals surface area contributed by atoms with Crippen molar-refractivity contribution in [3.63, 3.8) is 0 Å². The Labute approximate surface area is 67.5 Å². The van der Waals surface area contributed by atoms with Crippen LogP contribution in [0.25, 0.3) is 0 Å². The Morgan fingerprint density at radius 3 is 2.82 bits per heavy atom. The third-order valence-electron chi connectivity index (χ3n) is 2.42. The van der Waals surface area contributed by atoms with Crippen molar-refractivity contribution in [2.24, 2.45) is 5.84 Å². The van der Waals surface area contributed by atoms with Crippen molar-refractivity contribution in [3.8, 4) is 0 Å². The summed E-state index contributed by atoms with van der Waals surface area (Å²) < 4.78 is 0.791. The van der Waals surface area contributed by atoms with Crippen LogP contribution in [-0.4, -0.2) is 24.2 Å². The van der Waals surface area contributed by atoms with Crippen LogP contribution < -0.4 is 5.84 Å². The second-order valence-electron chi connectivity index (χ2n) is 3.62. The van der Waals surface area contributed by atoms with Crippen LogP contribution in [0.5, 0.6) is 0 Å². The molecule has 0 saturated carbocycles. The van der Waals surface area contributed by atoms with Crippen molar-refractivity contribution in [2.75, 3.05) is 19.6 Å². The highest BCUT2D eigenvalue weighted by Crippen LogP contribution is 2.20. The molecule has 0 spiro atoms. The van der Waals surface area contributed by atoms with Gasteiger partial charge in [-0.1, -0.05) is 18.2 Å². The monoisotopic (exact) mass is 151 g/mol. The zero-order valence-corrected chi connectivity index (χ0v) is 6.79. The number of allylic oxidation sites excluding steroid dienone is 3. The second-order valence-corrected chi connectivity index (χ2v) is 3.62. The van der Waals surface area contributed by atoms with Crippen molar-refractivity contribution in [1.82, 2.24) is 0 Å². The lowest BCUT2D eigenvalue weighted by Gasteiger charge is -2.14. The third-order valence-corrected chi connectivity index (χ3v) is 2.42. The maximum atomic E-state index is 5.95. The summed E-state index contributed by atoms with van der Waals surface area (Å²) >= 11 is 0. The fourth-order valence-corrected chi connectivity index (χ4v) is 1.48. The lowest BCUT2D eigenvalue weighted by Crippen LogP contribution is -2.35. The van der Waals surface area contributed by atoms with E-state index in [0.717, 1.165) is 11.1 Å². The number of rotatable bonds is 2. The van der Waals surface area contributed by atoms with Gasteiger partial charge in [-0.3, -0.25) is 0 Å². The van der Waals surface area contributed by atoms with Crippen molar-refractivity contribution in [1.29, 1.82) is 0 Å². The number of hydrogen-bond acceptors (Lipinski definition) is 1. The maximum Gasteiger partial charge on any atom is 0.148 e. The van der Waals surface area contributed by atoms with Crippen LogP contribution in [0.2, 0.25) is 0 Å². The van der Waals surface area contributed by atoms with Crippen LogP contribution in [0.4, 0.5) is 0 Å². The van der Waals surface area contributed by atoms with E-state index < -0.39 is 0 Å². The third kappa shape index (κ3) is 1.70. The lowest BCUT2D eigenvalue weighted by atomic mass is 10.1. The standard InChI is InChI=1S/C9H15N2/c10-11(6-7-11)8-9-4-2-1-3-5-9/h1-2,4H,3,5-8,10H2/q+1. The van der Waals surface area contributed by atoms with Gasteiger partial charge in [-0.15, -0.1) is 0 Å². The summed E-state index contributed by atoms with van der Waals surface area (Å²) in [6.07, 6.45) is 9.00. The van der Waals surface area contributed by atoms with Gasteiger partial charge in [-0.2, -0.15) is 5.84 Å². The van der Waals surface area contributed by atoms with E-state index in [1.54, 1.807) is 0 Å². The molecule has 11 heavy (non-hydrogen) atoms. The molecule has 0 aromatic rings. The van der Waals surface area contributed by atoms with E-state index in [2.05, 4.69) is 18.2 Å². The molecule has 1 heterocycles. The molecule has 1 aliphatic heterocycles. The quantitative estimate of drug-likeness (QED) is 0.355. The van der Waals surface area contributed by atoms with Gasteiger partial charge in [0.1, 0.15) is 19.6 Å². The average Bonchev–Trinajstić information content (AvgIpc) is 2.70. The number of nitrogens with two attached hydrogens (primary N) is 1. The van der Waals surface area contributed by atoms with Gasteiger partial charge in [-0.25, -0.2) is 4.59 Å². The maximum absolute atomic E-state index is 5.95. The van der Waals surface area contributed by atoms with E-state index in [1.807, 2.05) is 0 Å². The van der Waals surface area contributed by atoms with Gasteiger partial charge in [0.15, 0.2) is 0 Å². The van der Waals surface area contributed by atoms with E-state index in [4.69, 9.17) is 5.84 Å². The summed E-state index contributed by atoms with van der Waals surface area (Å²) in [5, 5.41) is 0. The molecular weight excluding hydrogens is 136 g/mol. The van der Waals surface area contributed by atoms with Crippen LogP contribution in [0.1, 0.15) is 12.8 Å². The minimum absolute atomic E-state index is 0.791. The fraction of sp³-hybridized carbons (Fsp3) is 0.556. The largest absolute Gasteiger partial charge is 0.235 e. The zero-order valence-electron chi connectivity index (χ0n) is 6.79. The molecule has 1 fully saturated rings. The predicted octanol–water partition coefficient (Wildman–Crippen LogP) is 0.967. The van der Waals surface area contributed by atoms with Crippen molar-refractivity contribution >= 4 is 0 Å². The molecule has 0 radical (unpaired) electrons. The molecule has 2 aliphatic rings. The molecule has 0 amide bonds. The Balaban J connectivity index is 1.94. The first-order valence-electron chi connectivity index (χ1n) is 4.28. The summed E-state index contributed by atoms with van der Waals surface area (Å²) in [6.45, 7) is 3.41. The van der Waals surface area contributed by atoms with Crippen molar-refractivity contribution in [3.05, 3.63) is 23.8 Å². The molecule has 2 heteroatoms. The minimum atomic E-state index is 0.791. The normalized spacial score (nSPS) is 26.5. The van der Waals surface area contributed by atoms with Crippen LogP contribution in [0, 0.1) is 0 Å². The second kappa shape index (κ2) is 2.47. The first-order valence-corrected chi connectivity index (χ1v) is 4.28. The van der Waals surface area contributed by atoms with Crippen LogP contribution in [0.15, 0.2) is 23.8 Å². The topological polar surface area (TPSA) is 26.0 Å². The molecule has 2 N–H and O–H groups in total.